The minimum atomic E-state index is -1.03. The van der Waals surface area contributed by atoms with Gasteiger partial charge in [-0.15, -0.1) is 0 Å². The number of rotatable bonds is 9. The highest BCUT2D eigenvalue weighted by Crippen LogP contribution is 2.30. The van der Waals surface area contributed by atoms with Crippen LogP contribution in [0.3, 0.4) is 0 Å². The number of nitrogens with zero attached hydrogens (tertiary/aromatic N) is 5. The molecule has 0 unspecified atom stereocenters. The Hall–Kier alpha value is -4.38. The van der Waals surface area contributed by atoms with Gasteiger partial charge in [-0.2, -0.15) is 5.10 Å². The van der Waals surface area contributed by atoms with E-state index in [1.807, 2.05) is 19.0 Å². The number of carbonyl (C=O) groups is 3. The predicted octanol–water partition coefficient (Wildman–Crippen LogP) is 2.62. The molecule has 0 aliphatic carbocycles. The Morgan fingerprint density at radius 3 is 2.27 bits per heavy atom. The zero-order valence-electron chi connectivity index (χ0n) is 21.0. The second-order valence-corrected chi connectivity index (χ2v) is 8.96. The number of methoxy groups -OCH3 is 1. The molecule has 2 aromatic carbocycles. The number of carbonyl (C=O) groups excluding carboxylic acids is 2. The highest BCUT2D eigenvalue weighted by Gasteiger charge is 2.34. The molecule has 4 rings (SSSR count). The van der Waals surface area contributed by atoms with Gasteiger partial charge in [-0.1, -0.05) is 0 Å². The van der Waals surface area contributed by atoms with E-state index >= 15 is 0 Å². The quantitative estimate of drug-likeness (QED) is 0.456. The van der Waals surface area contributed by atoms with Crippen molar-refractivity contribution in [2.45, 2.75) is 12.8 Å². The summed E-state index contributed by atoms with van der Waals surface area (Å²) in [6.45, 7) is 1.45. The van der Waals surface area contributed by atoms with Crippen LogP contribution in [0, 0.1) is 0 Å². The molecule has 3 N–H and O–H groups in total. The molecule has 0 fully saturated rings. The summed E-state index contributed by atoms with van der Waals surface area (Å²) < 4.78 is 6.65. The van der Waals surface area contributed by atoms with E-state index in [1.165, 1.54) is 9.58 Å². The molecule has 0 spiro atoms. The normalized spacial score (nSPS) is 13.0. The van der Waals surface area contributed by atoms with Crippen molar-refractivity contribution in [3.05, 3.63) is 65.5 Å². The lowest BCUT2D eigenvalue weighted by molar-refractivity contribution is 0.0972. The largest absolute Gasteiger partial charge is 0.497 e. The zero-order chi connectivity index (χ0) is 26.7. The summed E-state index contributed by atoms with van der Waals surface area (Å²) in [7, 11) is 5.43. The summed E-state index contributed by atoms with van der Waals surface area (Å²) in [4.78, 5) is 42.5. The van der Waals surface area contributed by atoms with Crippen LogP contribution >= 0.6 is 0 Å². The third-order valence-electron chi connectivity index (χ3n) is 6.26. The van der Waals surface area contributed by atoms with Gasteiger partial charge < -0.3 is 25.4 Å². The van der Waals surface area contributed by atoms with Crippen LogP contribution in [-0.2, 0) is 6.42 Å². The van der Waals surface area contributed by atoms with Crippen molar-refractivity contribution in [3.8, 4) is 11.4 Å². The SMILES string of the molecule is COc1ccc(-n2nc(C(N)=O)c3c2C(=O)N(c2ccc(N(CCCN(C)C)C(=O)O)cc2)CC3)cc1. The molecule has 0 atom stereocenters. The van der Waals surface area contributed by atoms with E-state index in [0.717, 1.165) is 6.54 Å². The van der Waals surface area contributed by atoms with E-state index in [9.17, 15) is 19.5 Å². The molecule has 0 radical (unpaired) electrons. The van der Waals surface area contributed by atoms with Crippen LogP contribution in [0.15, 0.2) is 48.5 Å². The van der Waals surface area contributed by atoms with Gasteiger partial charge in [-0.25, -0.2) is 9.48 Å². The minimum absolute atomic E-state index is 0.0731. The van der Waals surface area contributed by atoms with E-state index in [-0.39, 0.29) is 17.3 Å². The number of nitrogens with two attached hydrogens (primary N) is 1. The number of hydrogen-bond donors (Lipinski definition) is 2. The molecule has 194 valence electrons. The first-order chi connectivity index (χ1) is 17.7. The van der Waals surface area contributed by atoms with Gasteiger partial charge in [0, 0.05) is 30.0 Å². The van der Waals surface area contributed by atoms with E-state index in [2.05, 4.69) is 5.10 Å². The maximum absolute atomic E-state index is 13.7. The van der Waals surface area contributed by atoms with Gasteiger partial charge in [0.25, 0.3) is 11.8 Å². The Morgan fingerprint density at radius 2 is 1.70 bits per heavy atom. The number of primary amides is 1. The van der Waals surface area contributed by atoms with Gasteiger partial charge in [-0.3, -0.25) is 14.5 Å². The van der Waals surface area contributed by atoms with Gasteiger partial charge in [0.15, 0.2) is 5.69 Å². The minimum Gasteiger partial charge on any atom is -0.497 e. The smallest absolute Gasteiger partial charge is 0.411 e. The fraction of sp³-hybridized carbons (Fsp3) is 0.308. The zero-order valence-corrected chi connectivity index (χ0v) is 21.0. The molecule has 2 heterocycles. The third-order valence-corrected chi connectivity index (χ3v) is 6.26. The highest BCUT2D eigenvalue weighted by atomic mass is 16.5. The van der Waals surface area contributed by atoms with Crippen LogP contribution < -0.4 is 20.3 Å². The molecule has 1 aliphatic rings. The van der Waals surface area contributed by atoms with Gasteiger partial charge in [0.1, 0.15) is 11.4 Å². The first kappa shape index (κ1) is 25.7. The lowest BCUT2D eigenvalue weighted by Gasteiger charge is -2.28. The van der Waals surface area contributed by atoms with Crippen molar-refractivity contribution in [1.29, 1.82) is 0 Å². The first-order valence-corrected chi connectivity index (χ1v) is 11.8. The summed E-state index contributed by atoms with van der Waals surface area (Å²) in [5, 5.41) is 14.0. The summed E-state index contributed by atoms with van der Waals surface area (Å²) in [6, 6.07) is 13.8. The van der Waals surface area contributed by atoms with Crippen molar-refractivity contribution >= 4 is 29.3 Å². The number of aromatic nitrogens is 2. The van der Waals surface area contributed by atoms with Crippen molar-refractivity contribution in [2.24, 2.45) is 5.73 Å². The fourth-order valence-corrected chi connectivity index (χ4v) is 4.41. The van der Waals surface area contributed by atoms with E-state index < -0.39 is 12.0 Å². The molecule has 1 aliphatic heterocycles. The Morgan fingerprint density at radius 1 is 1.05 bits per heavy atom. The van der Waals surface area contributed by atoms with Crippen molar-refractivity contribution in [3.63, 3.8) is 0 Å². The van der Waals surface area contributed by atoms with E-state index in [0.29, 0.717) is 54.3 Å². The van der Waals surface area contributed by atoms with Crippen molar-refractivity contribution in [2.75, 3.05) is 50.6 Å². The number of amides is 3. The number of fused-ring (bicyclic) bond motifs is 1. The predicted molar refractivity (Wildman–Crippen MR) is 139 cm³/mol. The average molecular weight is 507 g/mol. The lowest BCUT2D eigenvalue weighted by atomic mass is 10.0. The molecule has 1 aromatic heterocycles. The Kier molecular flexibility index (Phi) is 7.44. The summed E-state index contributed by atoms with van der Waals surface area (Å²) in [5.41, 5.74) is 8.15. The molecule has 0 saturated heterocycles. The number of hydrogen-bond acceptors (Lipinski definition) is 6. The van der Waals surface area contributed by atoms with Crippen LogP contribution in [-0.4, -0.2) is 78.5 Å². The molecular weight excluding hydrogens is 476 g/mol. The fourth-order valence-electron chi connectivity index (χ4n) is 4.41. The van der Waals surface area contributed by atoms with Crippen LogP contribution in [0.1, 0.15) is 33.0 Å². The molecular formula is C26H30N6O5. The first-order valence-electron chi connectivity index (χ1n) is 11.8. The molecule has 11 heteroatoms. The number of carboxylic acid groups (broad SMARTS) is 1. The highest BCUT2D eigenvalue weighted by molar-refractivity contribution is 6.09. The molecule has 3 amide bonds. The van der Waals surface area contributed by atoms with Crippen LogP contribution in [0.2, 0.25) is 0 Å². The van der Waals surface area contributed by atoms with Crippen LogP contribution in [0.25, 0.3) is 5.69 Å². The summed E-state index contributed by atoms with van der Waals surface area (Å²) in [5.74, 6) is -0.381. The Balaban J connectivity index is 1.63. The number of anilines is 2. The second kappa shape index (κ2) is 10.7. The molecule has 0 bridgehead atoms. The molecule has 37 heavy (non-hydrogen) atoms. The van der Waals surface area contributed by atoms with Crippen molar-refractivity contribution < 1.29 is 24.2 Å². The Bertz CT molecular complexity index is 1300. The maximum Gasteiger partial charge on any atom is 0.411 e. The summed E-state index contributed by atoms with van der Waals surface area (Å²) >= 11 is 0. The molecule has 11 nitrogen and oxygen atoms in total. The monoisotopic (exact) mass is 506 g/mol. The average Bonchev–Trinajstić information content (AvgIpc) is 3.28. The summed E-state index contributed by atoms with van der Waals surface area (Å²) in [6.07, 6.45) is 0.0437. The van der Waals surface area contributed by atoms with E-state index in [4.69, 9.17) is 10.5 Å². The molecule has 3 aromatic rings. The third kappa shape index (κ3) is 5.26. The number of ether oxygens (including phenoxy) is 1. The molecule has 0 saturated carbocycles. The van der Waals surface area contributed by atoms with Gasteiger partial charge in [-0.05, 0) is 82.0 Å². The standard InChI is InChI=1S/C26H30N6O5/c1-29(2)14-4-15-31(26(35)36)18-7-5-17(6-8-18)30-16-13-21-22(24(27)33)28-32(23(21)25(30)34)19-9-11-20(37-3)12-10-19/h5-12H,4,13-16H2,1-3H3,(H2,27,33)(H,35,36). The number of benzene rings is 2. The van der Waals surface area contributed by atoms with Crippen LogP contribution in [0.5, 0.6) is 5.75 Å². The van der Waals surface area contributed by atoms with Gasteiger partial charge in [0.05, 0.1) is 12.8 Å². The second-order valence-electron chi connectivity index (χ2n) is 8.96. The lowest BCUT2D eigenvalue weighted by Crippen LogP contribution is -2.39. The maximum atomic E-state index is 13.7. The van der Waals surface area contributed by atoms with Crippen LogP contribution in [0.4, 0.5) is 16.2 Å². The Labute approximate surface area is 214 Å². The van der Waals surface area contributed by atoms with Gasteiger partial charge in [0.2, 0.25) is 0 Å². The van der Waals surface area contributed by atoms with Crippen molar-refractivity contribution in [1.82, 2.24) is 14.7 Å². The van der Waals surface area contributed by atoms with Gasteiger partial charge >= 0.3 is 6.09 Å². The van der Waals surface area contributed by atoms with E-state index in [1.54, 1.807) is 60.5 Å². The topological polar surface area (TPSA) is 134 Å².